The Kier molecular flexibility index (Phi) is 3.23. The predicted molar refractivity (Wildman–Crippen MR) is 60.2 cm³/mol. The molecule has 1 aliphatic rings. The molecule has 1 saturated heterocycles. The molecule has 5 nitrogen and oxygen atoms in total. The minimum atomic E-state index is -0.481. The second-order valence-corrected chi connectivity index (χ2v) is 4.10. The van der Waals surface area contributed by atoms with Gasteiger partial charge in [-0.3, -0.25) is 15.4 Å². The lowest BCUT2D eigenvalue weighted by molar-refractivity contribution is 0.205. The third-order valence-electron chi connectivity index (χ3n) is 3.00. The van der Waals surface area contributed by atoms with Crippen molar-refractivity contribution in [2.75, 3.05) is 13.2 Å². The summed E-state index contributed by atoms with van der Waals surface area (Å²) in [4.78, 5) is 1.71. The molecular weight excluding hydrogens is 223 g/mol. The first-order chi connectivity index (χ1) is 8.13. The van der Waals surface area contributed by atoms with Gasteiger partial charge in [-0.2, -0.15) is 0 Å². The fourth-order valence-electron chi connectivity index (χ4n) is 2.09. The van der Waals surface area contributed by atoms with Crippen LogP contribution in [0, 0.1) is 16.6 Å². The molecule has 2 heterocycles. The number of aliphatic hydroxyl groups excluding tert-OH is 1. The number of likely N-dealkylation sites (tertiary alicyclic amines) is 1. The first-order valence-electron chi connectivity index (χ1n) is 5.52. The number of rotatable bonds is 1. The smallest absolute Gasteiger partial charge is 0.204 e. The lowest BCUT2D eigenvalue weighted by Crippen LogP contribution is -2.44. The molecule has 1 aromatic heterocycles. The standard InChI is InChI=1S/C11H15FN4O/c12-8-3-4-10(13)16(6-8)11(14)15-5-1-2-9(15)7-17/h3-4,6,9,13-14,17H,1-2,5,7H2/t9-/m0/s1. The molecule has 1 atom stereocenters. The van der Waals surface area contributed by atoms with Gasteiger partial charge < -0.3 is 10.0 Å². The van der Waals surface area contributed by atoms with E-state index in [0.717, 1.165) is 19.0 Å². The summed E-state index contributed by atoms with van der Waals surface area (Å²) in [5, 5.41) is 24.8. The monoisotopic (exact) mass is 238 g/mol. The maximum Gasteiger partial charge on any atom is 0.204 e. The van der Waals surface area contributed by atoms with Crippen molar-refractivity contribution in [3.8, 4) is 0 Å². The van der Waals surface area contributed by atoms with Crippen molar-refractivity contribution in [1.82, 2.24) is 9.47 Å². The van der Waals surface area contributed by atoms with Crippen LogP contribution in [0.5, 0.6) is 0 Å². The van der Waals surface area contributed by atoms with Crippen LogP contribution in [-0.4, -0.2) is 39.7 Å². The van der Waals surface area contributed by atoms with Gasteiger partial charge in [-0.05, 0) is 25.0 Å². The van der Waals surface area contributed by atoms with E-state index in [1.807, 2.05) is 0 Å². The van der Waals surface area contributed by atoms with Gasteiger partial charge in [-0.1, -0.05) is 0 Å². The highest BCUT2D eigenvalue weighted by Crippen LogP contribution is 2.16. The van der Waals surface area contributed by atoms with Gasteiger partial charge in [0.1, 0.15) is 11.3 Å². The topological polar surface area (TPSA) is 76.1 Å². The van der Waals surface area contributed by atoms with E-state index in [4.69, 9.17) is 10.8 Å². The lowest BCUT2D eigenvalue weighted by atomic mass is 10.2. The average molecular weight is 238 g/mol. The minimum Gasteiger partial charge on any atom is -0.394 e. The predicted octanol–water partition coefficient (Wildman–Crippen LogP) is 0.346. The number of aliphatic hydroxyl groups is 1. The van der Waals surface area contributed by atoms with Crippen LogP contribution in [-0.2, 0) is 0 Å². The quantitative estimate of drug-likeness (QED) is 0.487. The molecule has 0 unspecified atom stereocenters. The van der Waals surface area contributed by atoms with E-state index in [-0.39, 0.29) is 24.1 Å². The number of pyridine rings is 1. The lowest BCUT2D eigenvalue weighted by Gasteiger charge is -2.26. The minimum absolute atomic E-state index is 0.0222. The Balaban J connectivity index is 2.30. The molecule has 0 spiro atoms. The van der Waals surface area contributed by atoms with E-state index in [1.165, 1.54) is 16.7 Å². The molecule has 1 aliphatic heterocycles. The average Bonchev–Trinajstić information content (AvgIpc) is 2.79. The molecule has 0 saturated carbocycles. The van der Waals surface area contributed by atoms with E-state index < -0.39 is 5.82 Å². The van der Waals surface area contributed by atoms with E-state index in [2.05, 4.69) is 0 Å². The normalized spacial score (nSPS) is 19.6. The zero-order valence-electron chi connectivity index (χ0n) is 9.36. The van der Waals surface area contributed by atoms with Crippen molar-refractivity contribution in [1.29, 1.82) is 10.8 Å². The zero-order valence-corrected chi connectivity index (χ0v) is 9.36. The van der Waals surface area contributed by atoms with Crippen LogP contribution >= 0.6 is 0 Å². The largest absolute Gasteiger partial charge is 0.394 e. The first kappa shape index (κ1) is 11.8. The first-order valence-corrected chi connectivity index (χ1v) is 5.52. The van der Waals surface area contributed by atoms with Crippen LogP contribution in [0.15, 0.2) is 18.3 Å². The van der Waals surface area contributed by atoms with Crippen LogP contribution in [0.25, 0.3) is 0 Å². The molecule has 1 aromatic rings. The van der Waals surface area contributed by atoms with Gasteiger partial charge in [0.25, 0.3) is 0 Å². The molecule has 6 heteroatoms. The molecule has 92 valence electrons. The maximum atomic E-state index is 13.1. The van der Waals surface area contributed by atoms with Crippen molar-refractivity contribution in [2.45, 2.75) is 18.9 Å². The van der Waals surface area contributed by atoms with Crippen LogP contribution in [0.4, 0.5) is 4.39 Å². The highest BCUT2D eigenvalue weighted by Gasteiger charge is 2.26. The second-order valence-electron chi connectivity index (χ2n) is 4.10. The number of halogens is 1. The Morgan fingerprint density at radius 1 is 1.53 bits per heavy atom. The van der Waals surface area contributed by atoms with Crippen LogP contribution in [0.3, 0.4) is 0 Å². The number of nitrogens with one attached hydrogen (secondary N) is 2. The molecule has 0 radical (unpaired) electrons. The van der Waals surface area contributed by atoms with Gasteiger partial charge in [-0.25, -0.2) is 4.39 Å². The number of nitrogens with zero attached hydrogens (tertiary/aromatic N) is 2. The van der Waals surface area contributed by atoms with Gasteiger partial charge in [-0.15, -0.1) is 0 Å². The fourth-order valence-corrected chi connectivity index (χ4v) is 2.09. The van der Waals surface area contributed by atoms with Gasteiger partial charge in [0.05, 0.1) is 12.6 Å². The number of aromatic nitrogens is 1. The van der Waals surface area contributed by atoms with Crippen molar-refractivity contribution >= 4 is 5.96 Å². The van der Waals surface area contributed by atoms with Gasteiger partial charge >= 0.3 is 0 Å². The van der Waals surface area contributed by atoms with Crippen LogP contribution in [0.1, 0.15) is 12.8 Å². The van der Waals surface area contributed by atoms with Gasteiger partial charge in [0, 0.05) is 12.7 Å². The van der Waals surface area contributed by atoms with Crippen molar-refractivity contribution in [3.63, 3.8) is 0 Å². The molecule has 2 rings (SSSR count). The van der Waals surface area contributed by atoms with Crippen LogP contribution < -0.4 is 5.49 Å². The van der Waals surface area contributed by atoms with E-state index in [1.54, 1.807) is 4.90 Å². The molecule has 1 fully saturated rings. The molecule has 0 aliphatic carbocycles. The Hall–Kier alpha value is -1.69. The molecule has 0 bridgehead atoms. The highest BCUT2D eigenvalue weighted by molar-refractivity contribution is 5.79. The fraction of sp³-hybridized carbons (Fsp3) is 0.455. The third kappa shape index (κ3) is 2.21. The highest BCUT2D eigenvalue weighted by atomic mass is 19.1. The molecule has 17 heavy (non-hydrogen) atoms. The van der Waals surface area contributed by atoms with E-state index in [0.29, 0.717) is 6.54 Å². The van der Waals surface area contributed by atoms with Crippen molar-refractivity contribution < 1.29 is 9.50 Å². The second kappa shape index (κ2) is 4.67. The van der Waals surface area contributed by atoms with Crippen molar-refractivity contribution in [3.05, 3.63) is 29.6 Å². The Labute approximate surface area is 98.1 Å². The summed E-state index contributed by atoms with van der Waals surface area (Å²) in [6.45, 7) is 0.638. The third-order valence-corrected chi connectivity index (χ3v) is 3.00. The van der Waals surface area contributed by atoms with E-state index >= 15 is 0 Å². The maximum absolute atomic E-state index is 13.1. The van der Waals surface area contributed by atoms with E-state index in [9.17, 15) is 9.50 Å². The Morgan fingerprint density at radius 3 is 3.00 bits per heavy atom. The van der Waals surface area contributed by atoms with Crippen molar-refractivity contribution in [2.24, 2.45) is 0 Å². The zero-order chi connectivity index (χ0) is 12.4. The summed E-state index contributed by atoms with van der Waals surface area (Å²) >= 11 is 0. The number of hydrogen-bond acceptors (Lipinski definition) is 3. The summed E-state index contributed by atoms with van der Waals surface area (Å²) in [7, 11) is 0. The summed E-state index contributed by atoms with van der Waals surface area (Å²) in [5.74, 6) is -0.434. The Morgan fingerprint density at radius 2 is 2.29 bits per heavy atom. The van der Waals surface area contributed by atoms with Gasteiger partial charge in [0.15, 0.2) is 0 Å². The molecule has 0 aromatic carbocycles. The SMILES string of the molecule is N=C(N1CCC[C@H]1CO)n1cc(F)ccc1=N. The summed E-state index contributed by atoms with van der Waals surface area (Å²) in [6, 6.07) is 2.41. The number of hydrogen-bond donors (Lipinski definition) is 3. The summed E-state index contributed by atoms with van der Waals surface area (Å²) < 4.78 is 14.3. The summed E-state index contributed by atoms with van der Waals surface area (Å²) in [5.41, 5.74) is 0.0555. The van der Waals surface area contributed by atoms with Gasteiger partial charge in [0.2, 0.25) is 5.96 Å². The van der Waals surface area contributed by atoms with Crippen LogP contribution in [0.2, 0.25) is 0 Å². The summed E-state index contributed by atoms with van der Waals surface area (Å²) in [6.07, 6.45) is 2.84. The Bertz CT molecular complexity index is 485. The molecule has 0 amide bonds. The molecule has 3 N–H and O–H groups in total. The molecular formula is C11H15FN4O.